The lowest BCUT2D eigenvalue weighted by atomic mass is 10.1. The number of carboxylic acid groups (broad SMARTS) is 1. The summed E-state index contributed by atoms with van der Waals surface area (Å²) >= 11 is 0. The third kappa shape index (κ3) is 4.82. The standard InChI is InChI=1S/C14H17NO3/c1-2-3-9-13(16)15-12(14(17)18)10-11-7-5-4-6-8-11/h2,4-8,12H,1,3,9-10H2,(H,15,16)(H,17,18)/t12-/m0/s1. The molecule has 96 valence electrons. The summed E-state index contributed by atoms with van der Waals surface area (Å²) in [6.07, 6.45) is 2.73. The van der Waals surface area contributed by atoms with Crippen molar-refractivity contribution in [2.45, 2.75) is 25.3 Å². The van der Waals surface area contributed by atoms with Crippen LogP contribution in [0.4, 0.5) is 0 Å². The van der Waals surface area contributed by atoms with Crippen LogP contribution in [-0.2, 0) is 16.0 Å². The molecule has 0 aliphatic heterocycles. The fourth-order valence-corrected chi connectivity index (χ4v) is 1.55. The molecule has 0 aliphatic carbocycles. The minimum Gasteiger partial charge on any atom is -0.480 e. The zero-order chi connectivity index (χ0) is 13.4. The van der Waals surface area contributed by atoms with Crippen molar-refractivity contribution in [2.24, 2.45) is 0 Å². The van der Waals surface area contributed by atoms with E-state index in [2.05, 4.69) is 11.9 Å². The highest BCUT2D eigenvalue weighted by Crippen LogP contribution is 2.04. The molecule has 0 spiro atoms. The molecule has 0 unspecified atom stereocenters. The van der Waals surface area contributed by atoms with E-state index in [0.717, 1.165) is 5.56 Å². The predicted molar refractivity (Wildman–Crippen MR) is 69.1 cm³/mol. The first kappa shape index (κ1) is 14.0. The number of allylic oxidation sites excluding steroid dienone is 1. The highest BCUT2D eigenvalue weighted by atomic mass is 16.4. The highest BCUT2D eigenvalue weighted by Gasteiger charge is 2.19. The third-order valence-corrected chi connectivity index (χ3v) is 2.49. The van der Waals surface area contributed by atoms with Gasteiger partial charge in [0.05, 0.1) is 0 Å². The van der Waals surface area contributed by atoms with Crippen molar-refractivity contribution >= 4 is 11.9 Å². The Balaban J connectivity index is 2.58. The molecule has 1 rings (SSSR count). The van der Waals surface area contributed by atoms with Crippen molar-refractivity contribution in [3.05, 3.63) is 48.6 Å². The fraction of sp³-hybridized carbons (Fsp3) is 0.286. The van der Waals surface area contributed by atoms with E-state index < -0.39 is 12.0 Å². The molecular weight excluding hydrogens is 230 g/mol. The Morgan fingerprint density at radius 2 is 2.00 bits per heavy atom. The summed E-state index contributed by atoms with van der Waals surface area (Å²) in [5.41, 5.74) is 0.883. The van der Waals surface area contributed by atoms with Crippen molar-refractivity contribution in [1.82, 2.24) is 5.32 Å². The van der Waals surface area contributed by atoms with E-state index in [9.17, 15) is 9.59 Å². The second kappa shape index (κ2) is 7.27. The molecular formula is C14H17NO3. The topological polar surface area (TPSA) is 66.4 Å². The van der Waals surface area contributed by atoms with Gasteiger partial charge in [0.1, 0.15) is 6.04 Å². The number of carboxylic acids is 1. The summed E-state index contributed by atoms with van der Waals surface area (Å²) in [5.74, 6) is -1.29. The van der Waals surface area contributed by atoms with Crippen molar-refractivity contribution in [1.29, 1.82) is 0 Å². The van der Waals surface area contributed by atoms with Crippen LogP contribution in [0.15, 0.2) is 43.0 Å². The van der Waals surface area contributed by atoms with Crippen LogP contribution in [0, 0.1) is 0 Å². The molecule has 0 saturated carbocycles. The van der Waals surface area contributed by atoms with Crippen molar-refractivity contribution in [3.63, 3.8) is 0 Å². The van der Waals surface area contributed by atoms with E-state index in [1.807, 2.05) is 30.3 Å². The maximum Gasteiger partial charge on any atom is 0.326 e. The molecule has 0 aliphatic rings. The summed E-state index contributed by atoms with van der Waals surface area (Å²) in [4.78, 5) is 22.6. The Morgan fingerprint density at radius 3 is 2.56 bits per heavy atom. The molecule has 2 N–H and O–H groups in total. The van der Waals surface area contributed by atoms with Crippen LogP contribution in [0.5, 0.6) is 0 Å². The van der Waals surface area contributed by atoms with Gasteiger partial charge in [0.25, 0.3) is 0 Å². The quantitative estimate of drug-likeness (QED) is 0.721. The Labute approximate surface area is 106 Å². The first-order valence-corrected chi connectivity index (χ1v) is 5.80. The van der Waals surface area contributed by atoms with Gasteiger partial charge in [-0.2, -0.15) is 0 Å². The summed E-state index contributed by atoms with van der Waals surface area (Å²) in [7, 11) is 0. The molecule has 0 heterocycles. The van der Waals surface area contributed by atoms with Gasteiger partial charge in [-0.15, -0.1) is 6.58 Å². The van der Waals surface area contributed by atoms with E-state index in [1.54, 1.807) is 6.08 Å². The number of carbonyl (C=O) groups is 2. The molecule has 4 nitrogen and oxygen atoms in total. The second-order valence-electron chi connectivity index (χ2n) is 3.98. The van der Waals surface area contributed by atoms with Gasteiger partial charge in [-0.05, 0) is 12.0 Å². The van der Waals surface area contributed by atoms with Gasteiger partial charge in [0.2, 0.25) is 5.91 Å². The maximum atomic E-state index is 11.5. The largest absolute Gasteiger partial charge is 0.480 e. The van der Waals surface area contributed by atoms with Gasteiger partial charge < -0.3 is 10.4 Å². The van der Waals surface area contributed by atoms with Crippen LogP contribution in [0.3, 0.4) is 0 Å². The molecule has 1 atom stereocenters. The van der Waals surface area contributed by atoms with Gasteiger partial charge in [0, 0.05) is 12.8 Å². The second-order valence-corrected chi connectivity index (χ2v) is 3.98. The van der Waals surface area contributed by atoms with E-state index in [0.29, 0.717) is 6.42 Å². The molecule has 4 heteroatoms. The number of hydrogen-bond donors (Lipinski definition) is 2. The lowest BCUT2D eigenvalue weighted by molar-refractivity contribution is -0.141. The third-order valence-electron chi connectivity index (χ3n) is 2.49. The average molecular weight is 247 g/mol. The Hall–Kier alpha value is -2.10. The normalized spacial score (nSPS) is 11.6. The van der Waals surface area contributed by atoms with Crippen LogP contribution in [0.25, 0.3) is 0 Å². The fourth-order valence-electron chi connectivity index (χ4n) is 1.55. The van der Waals surface area contributed by atoms with Gasteiger partial charge in [0.15, 0.2) is 0 Å². The van der Waals surface area contributed by atoms with Gasteiger partial charge in [-0.3, -0.25) is 4.79 Å². The Morgan fingerprint density at radius 1 is 1.33 bits per heavy atom. The smallest absolute Gasteiger partial charge is 0.326 e. The monoisotopic (exact) mass is 247 g/mol. The number of hydrogen-bond acceptors (Lipinski definition) is 2. The zero-order valence-electron chi connectivity index (χ0n) is 10.1. The molecule has 0 fully saturated rings. The van der Waals surface area contributed by atoms with E-state index in [4.69, 9.17) is 5.11 Å². The summed E-state index contributed by atoms with van der Waals surface area (Å²) in [5, 5.41) is 11.6. The van der Waals surface area contributed by atoms with E-state index in [1.165, 1.54) is 0 Å². The minimum absolute atomic E-state index is 0.266. The molecule has 0 radical (unpaired) electrons. The Bertz CT molecular complexity index is 414. The summed E-state index contributed by atoms with van der Waals surface area (Å²) < 4.78 is 0. The predicted octanol–water partition coefficient (Wildman–Crippen LogP) is 1.76. The van der Waals surface area contributed by atoms with E-state index in [-0.39, 0.29) is 18.7 Å². The number of nitrogens with one attached hydrogen (secondary N) is 1. The molecule has 0 saturated heterocycles. The first-order valence-electron chi connectivity index (χ1n) is 5.80. The average Bonchev–Trinajstić information content (AvgIpc) is 2.36. The van der Waals surface area contributed by atoms with Crippen molar-refractivity contribution in [2.75, 3.05) is 0 Å². The number of rotatable bonds is 7. The molecule has 1 aromatic rings. The van der Waals surface area contributed by atoms with Crippen LogP contribution in [0.2, 0.25) is 0 Å². The van der Waals surface area contributed by atoms with E-state index >= 15 is 0 Å². The van der Waals surface area contributed by atoms with Crippen molar-refractivity contribution < 1.29 is 14.7 Å². The number of aliphatic carboxylic acids is 1. The molecule has 1 aromatic carbocycles. The summed E-state index contributed by atoms with van der Waals surface area (Å²) in [6, 6.07) is 8.34. The summed E-state index contributed by atoms with van der Waals surface area (Å²) in [6.45, 7) is 3.52. The van der Waals surface area contributed by atoms with Crippen LogP contribution < -0.4 is 5.32 Å². The number of amides is 1. The maximum absolute atomic E-state index is 11.5. The molecule has 0 bridgehead atoms. The molecule has 1 amide bonds. The van der Waals surface area contributed by atoms with Gasteiger partial charge in [-0.1, -0.05) is 36.4 Å². The van der Waals surface area contributed by atoms with Gasteiger partial charge >= 0.3 is 5.97 Å². The van der Waals surface area contributed by atoms with Gasteiger partial charge in [-0.25, -0.2) is 4.79 Å². The number of benzene rings is 1. The molecule has 18 heavy (non-hydrogen) atoms. The number of carbonyl (C=O) groups excluding carboxylic acids is 1. The lowest BCUT2D eigenvalue weighted by Crippen LogP contribution is -2.42. The first-order chi connectivity index (χ1) is 8.63. The van der Waals surface area contributed by atoms with Crippen LogP contribution >= 0.6 is 0 Å². The SMILES string of the molecule is C=CCCC(=O)N[C@@H](Cc1ccccc1)C(=O)O. The minimum atomic E-state index is -1.02. The Kier molecular flexibility index (Phi) is 5.64. The van der Waals surface area contributed by atoms with Crippen molar-refractivity contribution in [3.8, 4) is 0 Å². The lowest BCUT2D eigenvalue weighted by Gasteiger charge is -2.14. The van der Waals surface area contributed by atoms with Crippen LogP contribution in [0.1, 0.15) is 18.4 Å². The molecule has 0 aromatic heterocycles. The highest BCUT2D eigenvalue weighted by molar-refractivity contribution is 5.83. The van der Waals surface area contributed by atoms with Crippen LogP contribution in [-0.4, -0.2) is 23.0 Å². The zero-order valence-corrected chi connectivity index (χ0v) is 10.1.